The Bertz CT molecular complexity index is 399. The van der Waals surface area contributed by atoms with Crippen LogP contribution in [0.1, 0.15) is 57.8 Å². The molecule has 3 aliphatic carbocycles. The van der Waals surface area contributed by atoms with Gasteiger partial charge in [-0.2, -0.15) is 0 Å². The van der Waals surface area contributed by atoms with Gasteiger partial charge in [0.25, 0.3) is 0 Å². The first-order chi connectivity index (χ1) is 9.79. The Morgan fingerprint density at radius 3 is 2.60 bits per heavy atom. The summed E-state index contributed by atoms with van der Waals surface area (Å²) in [7, 11) is 0. The summed E-state index contributed by atoms with van der Waals surface area (Å²) in [6.45, 7) is 0.930. The molecule has 4 heteroatoms. The van der Waals surface area contributed by atoms with Gasteiger partial charge in [-0.25, -0.2) is 4.99 Å². The molecule has 4 fully saturated rings. The summed E-state index contributed by atoms with van der Waals surface area (Å²) in [6, 6.07) is 0.986. The number of aliphatic imine (C=N–C) groups is 1. The number of hydrogen-bond donors (Lipinski definition) is 2. The van der Waals surface area contributed by atoms with Gasteiger partial charge < -0.3 is 15.8 Å². The fourth-order valence-corrected chi connectivity index (χ4v) is 5.03. The summed E-state index contributed by atoms with van der Waals surface area (Å²) in [6.07, 6.45) is 12.1. The normalized spacial score (nSPS) is 40.0. The molecule has 112 valence electrons. The van der Waals surface area contributed by atoms with E-state index in [-0.39, 0.29) is 0 Å². The van der Waals surface area contributed by atoms with E-state index in [1.165, 1.54) is 57.8 Å². The standard InChI is InChI=1S/C16H27N3O/c17-15(18-11-5-2-1-3-6-11)19-13-12-7-10-20-14(12)16(13)8-4-9-16/h11-14H,1-10H2,(H3,17,18,19). The zero-order valence-electron chi connectivity index (χ0n) is 12.3. The molecule has 0 amide bonds. The van der Waals surface area contributed by atoms with Crippen molar-refractivity contribution in [2.75, 3.05) is 6.61 Å². The molecule has 3 atom stereocenters. The summed E-state index contributed by atoms with van der Waals surface area (Å²) in [5.41, 5.74) is 6.56. The molecule has 1 aliphatic heterocycles. The van der Waals surface area contributed by atoms with Gasteiger partial charge in [-0.05, 0) is 32.1 Å². The minimum absolute atomic E-state index is 0.361. The maximum atomic E-state index is 6.20. The monoisotopic (exact) mass is 277 g/mol. The van der Waals surface area contributed by atoms with Gasteiger partial charge in [-0.1, -0.05) is 25.7 Å². The molecule has 3 saturated carbocycles. The van der Waals surface area contributed by atoms with Crippen LogP contribution in [0.2, 0.25) is 0 Å². The molecule has 3 N–H and O–H groups in total. The van der Waals surface area contributed by atoms with E-state index in [1.807, 2.05) is 0 Å². The lowest BCUT2D eigenvalue weighted by atomic mass is 9.46. The van der Waals surface area contributed by atoms with E-state index < -0.39 is 0 Å². The molecule has 4 rings (SSSR count). The molecule has 1 spiro atoms. The van der Waals surface area contributed by atoms with Crippen LogP contribution in [0.3, 0.4) is 0 Å². The minimum atomic E-state index is 0.361. The topological polar surface area (TPSA) is 59.6 Å². The fraction of sp³-hybridized carbons (Fsp3) is 0.938. The van der Waals surface area contributed by atoms with E-state index in [0.717, 1.165) is 6.61 Å². The highest BCUT2D eigenvalue weighted by molar-refractivity contribution is 5.78. The van der Waals surface area contributed by atoms with Crippen molar-refractivity contribution in [1.82, 2.24) is 5.32 Å². The Balaban J connectivity index is 1.42. The van der Waals surface area contributed by atoms with Crippen LogP contribution in [0.5, 0.6) is 0 Å². The van der Waals surface area contributed by atoms with Crippen LogP contribution in [-0.2, 0) is 4.74 Å². The predicted octanol–water partition coefficient (Wildman–Crippen LogP) is 2.18. The van der Waals surface area contributed by atoms with Crippen molar-refractivity contribution in [3.8, 4) is 0 Å². The summed E-state index contributed by atoms with van der Waals surface area (Å²) in [5.74, 6) is 1.33. The summed E-state index contributed by atoms with van der Waals surface area (Å²) < 4.78 is 5.94. The van der Waals surface area contributed by atoms with Gasteiger partial charge in [0.1, 0.15) is 0 Å². The summed E-state index contributed by atoms with van der Waals surface area (Å²) >= 11 is 0. The van der Waals surface area contributed by atoms with Crippen LogP contribution < -0.4 is 11.1 Å². The van der Waals surface area contributed by atoms with Gasteiger partial charge >= 0.3 is 0 Å². The summed E-state index contributed by atoms with van der Waals surface area (Å²) in [4.78, 5) is 4.90. The van der Waals surface area contributed by atoms with Crippen molar-refractivity contribution in [1.29, 1.82) is 0 Å². The van der Waals surface area contributed by atoms with Gasteiger partial charge in [0.2, 0.25) is 0 Å². The van der Waals surface area contributed by atoms with Gasteiger partial charge in [0.15, 0.2) is 5.96 Å². The Kier molecular flexibility index (Phi) is 3.17. The predicted molar refractivity (Wildman–Crippen MR) is 79.6 cm³/mol. The van der Waals surface area contributed by atoms with Crippen molar-refractivity contribution in [3.63, 3.8) is 0 Å². The second kappa shape index (κ2) is 4.90. The minimum Gasteiger partial charge on any atom is -0.377 e. The van der Waals surface area contributed by atoms with Gasteiger partial charge in [0.05, 0.1) is 12.1 Å². The lowest BCUT2D eigenvalue weighted by Gasteiger charge is -2.61. The maximum absolute atomic E-state index is 6.20. The van der Waals surface area contributed by atoms with Gasteiger partial charge in [-0.3, -0.25) is 0 Å². The fourth-order valence-electron chi connectivity index (χ4n) is 5.03. The molecule has 0 bridgehead atoms. The van der Waals surface area contributed by atoms with Crippen molar-refractivity contribution in [3.05, 3.63) is 0 Å². The lowest BCUT2D eigenvalue weighted by molar-refractivity contribution is -0.164. The molecule has 0 radical (unpaired) electrons. The van der Waals surface area contributed by atoms with Crippen LogP contribution in [0.25, 0.3) is 0 Å². The second-order valence-electron chi connectivity index (χ2n) is 7.27. The summed E-state index contributed by atoms with van der Waals surface area (Å²) in [5, 5.41) is 3.47. The van der Waals surface area contributed by atoms with Crippen molar-refractivity contribution in [2.45, 2.75) is 76.0 Å². The largest absolute Gasteiger partial charge is 0.377 e. The highest BCUT2D eigenvalue weighted by Gasteiger charge is 2.66. The maximum Gasteiger partial charge on any atom is 0.189 e. The molecule has 3 unspecified atom stereocenters. The highest BCUT2D eigenvalue weighted by atomic mass is 16.5. The first-order valence-corrected chi connectivity index (χ1v) is 8.51. The SMILES string of the molecule is NC(=NC1C2CCOC2C12CCC2)NC1CCCCC1. The molecule has 4 aliphatic rings. The van der Waals surface area contributed by atoms with E-state index in [4.69, 9.17) is 15.5 Å². The molecule has 0 aromatic heterocycles. The molecule has 1 saturated heterocycles. The number of nitrogens with two attached hydrogens (primary N) is 1. The number of rotatable bonds is 2. The number of nitrogens with one attached hydrogen (secondary N) is 1. The number of ether oxygens (including phenoxy) is 1. The molecular formula is C16H27N3O. The Hall–Kier alpha value is -0.770. The van der Waals surface area contributed by atoms with Gasteiger partial charge in [-0.15, -0.1) is 0 Å². The van der Waals surface area contributed by atoms with Crippen molar-refractivity contribution in [2.24, 2.45) is 22.1 Å². The highest BCUT2D eigenvalue weighted by Crippen LogP contribution is 2.64. The second-order valence-corrected chi connectivity index (χ2v) is 7.27. The van der Waals surface area contributed by atoms with Crippen LogP contribution in [-0.4, -0.2) is 30.8 Å². The third-order valence-electron chi connectivity index (χ3n) is 6.22. The quantitative estimate of drug-likeness (QED) is 0.601. The number of hydrogen-bond acceptors (Lipinski definition) is 2. The molecule has 0 aromatic rings. The van der Waals surface area contributed by atoms with E-state index in [0.29, 0.717) is 35.5 Å². The molecule has 0 aromatic carbocycles. The Morgan fingerprint density at radius 1 is 1.10 bits per heavy atom. The van der Waals surface area contributed by atoms with Gasteiger partial charge in [0, 0.05) is 24.0 Å². The Labute approximate surface area is 121 Å². The molecule has 4 nitrogen and oxygen atoms in total. The van der Waals surface area contributed by atoms with E-state index in [9.17, 15) is 0 Å². The van der Waals surface area contributed by atoms with E-state index >= 15 is 0 Å². The van der Waals surface area contributed by atoms with Crippen molar-refractivity contribution < 1.29 is 4.74 Å². The zero-order valence-corrected chi connectivity index (χ0v) is 12.3. The molecule has 20 heavy (non-hydrogen) atoms. The third kappa shape index (κ3) is 1.87. The lowest BCUT2D eigenvalue weighted by Crippen LogP contribution is -2.66. The first kappa shape index (κ1) is 12.9. The van der Waals surface area contributed by atoms with Crippen molar-refractivity contribution >= 4 is 5.96 Å². The molecular weight excluding hydrogens is 250 g/mol. The number of nitrogens with zero attached hydrogens (tertiary/aromatic N) is 1. The van der Waals surface area contributed by atoms with E-state index in [2.05, 4.69) is 5.32 Å². The van der Waals surface area contributed by atoms with E-state index in [1.54, 1.807) is 0 Å². The average molecular weight is 277 g/mol. The molecule has 1 heterocycles. The van der Waals surface area contributed by atoms with Crippen LogP contribution in [0.4, 0.5) is 0 Å². The number of guanidine groups is 1. The zero-order chi connectivity index (χ0) is 13.6. The Morgan fingerprint density at radius 2 is 1.90 bits per heavy atom. The number of fused-ring (bicyclic) bond motifs is 2. The first-order valence-electron chi connectivity index (χ1n) is 8.51. The van der Waals surface area contributed by atoms with Crippen LogP contribution in [0.15, 0.2) is 4.99 Å². The third-order valence-corrected chi connectivity index (χ3v) is 6.22. The smallest absolute Gasteiger partial charge is 0.189 e. The van der Waals surface area contributed by atoms with Crippen LogP contribution in [0, 0.1) is 11.3 Å². The average Bonchev–Trinajstić information content (AvgIpc) is 2.81. The van der Waals surface area contributed by atoms with Crippen LogP contribution >= 0.6 is 0 Å².